The summed E-state index contributed by atoms with van der Waals surface area (Å²) in [5, 5.41) is 3.72. The Labute approximate surface area is 52.6 Å². The molecule has 0 aliphatic carbocycles. The first-order chi connectivity index (χ1) is 4.36. The summed E-state index contributed by atoms with van der Waals surface area (Å²) in [6, 6.07) is 1.90. The van der Waals surface area contributed by atoms with E-state index in [1.165, 1.54) is 0 Å². The zero-order valence-corrected chi connectivity index (χ0v) is 5.13. The Bertz CT molecular complexity index is 215. The number of hydrogen-bond acceptors (Lipinski definition) is 3. The highest BCUT2D eigenvalue weighted by Crippen LogP contribution is 2.29. The predicted octanol–water partition coefficient (Wildman–Crippen LogP) is 1.05. The number of aryl methyl sites for hydroxylation is 1. The van der Waals surface area contributed by atoms with Crippen LogP contribution in [0.5, 0.6) is 0 Å². The maximum absolute atomic E-state index is 4.97. The summed E-state index contributed by atoms with van der Waals surface area (Å²) in [5.41, 5.74) is 0.917. The van der Waals surface area contributed by atoms with Crippen LogP contribution in [-0.2, 0) is 4.74 Å². The van der Waals surface area contributed by atoms with Gasteiger partial charge in [-0.15, -0.1) is 0 Å². The van der Waals surface area contributed by atoms with Crippen molar-refractivity contribution in [3.63, 3.8) is 0 Å². The minimum atomic E-state index is 0.200. The van der Waals surface area contributed by atoms with Crippen LogP contribution < -0.4 is 0 Å². The molecule has 1 aromatic heterocycles. The van der Waals surface area contributed by atoms with Crippen LogP contribution in [0.3, 0.4) is 0 Å². The van der Waals surface area contributed by atoms with Crippen molar-refractivity contribution in [3.05, 3.63) is 17.5 Å². The fraction of sp³-hybridized carbons (Fsp3) is 0.500. The maximum atomic E-state index is 4.97. The molecule has 9 heavy (non-hydrogen) atoms. The fourth-order valence-electron chi connectivity index (χ4n) is 0.747. The van der Waals surface area contributed by atoms with Gasteiger partial charge in [-0.3, -0.25) is 0 Å². The Morgan fingerprint density at radius 2 is 2.56 bits per heavy atom. The largest absolute Gasteiger partial charge is 0.365 e. The van der Waals surface area contributed by atoms with Gasteiger partial charge < -0.3 is 9.26 Å². The van der Waals surface area contributed by atoms with E-state index in [1.807, 2.05) is 13.0 Å². The lowest BCUT2D eigenvalue weighted by Gasteiger charge is -1.77. The van der Waals surface area contributed by atoms with Crippen molar-refractivity contribution in [2.75, 3.05) is 6.61 Å². The van der Waals surface area contributed by atoms with Crippen molar-refractivity contribution in [1.29, 1.82) is 0 Å². The van der Waals surface area contributed by atoms with E-state index in [4.69, 9.17) is 9.26 Å². The lowest BCUT2D eigenvalue weighted by atomic mass is 10.3. The summed E-state index contributed by atoms with van der Waals surface area (Å²) in [6.45, 7) is 2.68. The number of epoxide rings is 1. The molecule has 3 heteroatoms. The molecule has 48 valence electrons. The third kappa shape index (κ3) is 0.833. The van der Waals surface area contributed by atoms with Crippen LogP contribution in [0.4, 0.5) is 0 Å². The highest BCUT2D eigenvalue weighted by molar-refractivity contribution is 5.08. The molecule has 1 aliphatic heterocycles. The molecule has 0 saturated carbocycles. The van der Waals surface area contributed by atoms with Crippen LogP contribution in [0.2, 0.25) is 0 Å². The molecule has 0 spiro atoms. The molecule has 2 heterocycles. The van der Waals surface area contributed by atoms with Crippen LogP contribution in [-0.4, -0.2) is 11.8 Å². The third-order valence-corrected chi connectivity index (χ3v) is 1.30. The highest BCUT2D eigenvalue weighted by Gasteiger charge is 2.28. The minimum absolute atomic E-state index is 0.200. The van der Waals surface area contributed by atoms with Crippen molar-refractivity contribution in [3.8, 4) is 0 Å². The summed E-state index contributed by atoms with van der Waals surface area (Å²) >= 11 is 0. The minimum Gasteiger partial charge on any atom is -0.365 e. The van der Waals surface area contributed by atoms with Gasteiger partial charge in [-0.1, -0.05) is 5.16 Å². The molecule has 2 rings (SSSR count). The molecule has 0 aromatic carbocycles. The van der Waals surface area contributed by atoms with Crippen molar-refractivity contribution in [2.45, 2.75) is 13.0 Å². The lowest BCUT2D eigenvalue weighted by Crippen LogP contribution is -1.70. The Hall–Kier alpha value is -0.830. The Morgan fingerprint density at radius 1 is 1.78 bits per heavy atom. The smallest absolute Gasteiger partial charge is 0.168 e. The van der Waals surface area contributed by atoms with E-state index >= 15 is 0 Å². The molecule has 1 atom stereocenters. The number of hydrogen-bond donors (Lipinski definition) is 0. The predicted molar refractivity (Wildman–Crippen MR) is 29.9 cm³/mol. The standard InChI is InChI=1S/C6H7NO2/c1-4-2-5(9-7-4)6-3-8-6/h2,6H,3H2,1H3/t6-/m0/s1. The average Bonchev–Trinajstić information content (AvgIpc) is 2.58. The first-order valence-electron chi connectivity index (χ1n) is 2.91. The molecule has 1 fully saturated rings. The number of aromatic nitrogens is 1. The van der Waals surface area contributed by atoms with Crippen molar-refractivity contribution in [1.82, 2.24) is 5.16 Å². The SMILES string of the molecule is Cc1cc([C@@H]2CO2)on1. The Balaban J connectivity index is 2.28. The molecule has 3 nitrogen and oxygen atoms in total. The molecular weight excluding hydrogens is 118 g/mol. The van der Waals surface area contributed by atoms with Gasteiger partial charge in [0.25, 0.3) is 0 Å². The molecule has 0 amide bonds. The van der Waals surface area contributed by atoms with E-state index in [1.54, 1.807) is 0 Å². The van der Waals surface area contributed by atoms with Gasteiger partial charge in [0.05, 0.1) is 12.3 Å². The number of ether oxygens (including phenoxy) is 1. The highest BCUT2D eigenvalue weighted by atomic mass is 16.6. The fourth-order valence-corrected chi connectivity index (χ4v) is 0.747. The monoisotopic (exact) mass is 125 g/mol. The second-order valence-corrected chi connectivity index (χ2v) is 2.19. The van der Waals surface area contributed by atoms with Crippen LogP contribution >= 0.6 is 0 Å². The first-order valence-corrected chi connectivity index (χ1v) is 2.91. The normalized spacial score (nSPS) is 24.3. The van der Waals surface area contributed by atoms with Crippen LogP contribution in [0.1, 0.15) is 17.6 Å². The van der Waals surface area contributed by atoms with Crippen molar-refractivity contribution in [2.24, 2.45) is 0 Å². The van der Waals surface area contributed by atoms with E-state index in [9.17, 15) is 0 Å². The van der Waals surface area contributed by atoms with Gasteiger partial charge in [0.15, 0.2) is 5.76 Å². The van der Waals surface area contributed by atoms with Gasteiger partial charge in [0.1, 0.15) is 6.10 Å². The maximum Gasteiger partial charge on any atom is 0.168 e. The van der Waals surface area contributed by atoms with Gasteiger partial charge >= 0.3 is 0 Å². The Morgan fingerprint density at radius 3 is 3.00 bits per heavy atom. The lowest BCUT2D eigenvalue weighted by molar-refractivity contribution is 0.324. The average molecular weight is 125 g/mol. The number of nitrogens with zero attached hydrogens (tertiary/aromatic N) is 1. The van der Waals surface area contributed by atoms with E-state index in [2.05, 4.69) is 5.16 Å². The zero-order chi connectivity index (χ0) is 6.27. The molecule has 0 N–H and O–H groups in total. The summed E-state index contributed by atoms with van der Waals surface area (Å²) in [5.74, 6) is 0.854. The summed E-state index contributed by atoms with van der Waals surface area (Å²) < 4.78 is 9.89. The van der Waals surface area contributed by atoms with E-state index in [0.717, 1.165) is 18.1 Å². The molecular formula is C6H7NO2. The summed E-state index contributed by atoms with van der Waals surface area (Å²) in [6.07, 6.45) is 0.200. The van der Waals surface area contributed by atoms with Gasteiger partial charge in [-0.05, 0) is 6.92 Å². The topological polar surface area (TPSA) is 38.6 Å². The van der Waals surface area contributed by atoms with Crippen LogP contribution in [0.25, 0.3) is 0 Å². The second-order valence-electron chi connectivity index (χ2n) is 2.19. The van der Waals surface area contributed by atoms with Crippen molar-refractivity contribution < 1.29 is 9.26 Å². The van der Waals surface area contributed by atoms with Crippen LogP contribution in [0.15, 0.2) is 10.6 Å². The van der Waals surface area contributed by atoms with Crippen LogP contribution in [0, 0.1) is 6.92 Å². The molecule has 0 radical (unpaired) electrons. The summed E-state index contributed by atoms with van der Waals surface area (Å²) in [7, 11) is 0. The van der Waals surface area contributed by atoms with Gasteiger partial charge in [-0.2, -0.15) is 0 Å². The van der Waals surface area contributed by atoms with Crippen molar-refractivity contribution >= 4 is 0 Å². The third-order valence-electron chi connectivity index (χ3n) is 1.30. The van der Waals surface area contributed by atoms with E-state index in [0.29, 0.717) is 0 Å². The Kier molecular flexibility index (Phi) is 0.873. The van der Waals surface area contributed by atoms with E-state index in [-0.39, 0.29) is 6.10 Å². The zero-order valence-electron chi connectivity index (χ0n) is 5.13. The summed E-state index contributed by atoms with van der Waals surface area (Å²) in [4.78, 5) is 0. The molecule has 1 aromatic rings. The second kappa shape index (κ2) is 1.57. The van der Waals surface area contributed by atoms with Gasteiger partial charge in [0, 0.05) is 6.07 Å². The molecule has 1 saturated heterocycles. The van der Waals surface area contributed by atoms with Gasteiger partial charge in [-0.25, -0.2) is 0 Å². The molecule has 0 unspecified atom stereocenters. The van der Waals surface area contributed by atoms with E-state index < -0.39 is 0 Å². The van der Waals surface area contributed by atoms with Gasteiger partial charge in [0.2, 0.25) is 0 Å². The number of rotatable bonds is 1. The molecule has 1 aliphatic rings. The quantitative estimate of drug-likeness (QED) is 0.526. The molecule has 0 bridgehead atoms. The first kappa shape index (κ1) is 4.99.